The summed E-state index contributed by atoms with van der Waals surface area (Å²) < 4.78 is 9.65. The van der Waals surface area contributed by atoms with Crippen LogP contribution in [0.15, 0.2) is 29.4 Å². The lowest BCUT2D eigenvalue weighted by molar-refractivity contribution is -0.403. The third-order valence-corrected chi connectivity index (χ3v) is 5.30. The summed E-state index contributed by atoms with van der Waals surface area (Å²) in [6.45, 7) is 6.21. The summed E-state index contributed by atoms with van der Waals surface area (Å²) in [5, 5.41) is 13.6. The summed E-state index contributed by atoms with van der Waals surface area (Å²) in [5.74, 6) is 0.243. The topological polar surface area (TPSA) is 111 Å². The van der Waals surface area contributed by atoms with Gasteiger partial charge in [0.15, 0.2) is 0 Å². The predicted octanol–water partition coefficient (Wildman–Crippen LogP) is 2.63. The van der Waals surface area contributed by atoms with Crippen molar-refractivity contribution in [2.45, 2.75) is 33.2 Å². The van der Waals surface area contributed by atoms with Gasteiger partial charge in [-0.25, -0.2) is 4.79 Å². The number of para-hydroxylation sites is 1. The molecule has 1 saturated heterocycles. The van der Waals surface area contributed by atoms with Crippen molar-refractivity contribution in [3.63, 3.8) is 0 Å². The minimum absolute atomic E-state index is 0.0882. The molecule has 1 atom stereocenters. The lowest BCUT2D eigenvalue weighted by atomic mass is 10.1. The average molecular weight is 440 g/mol. The van der Waals surface area contributed by atoms with E-state index in [1.54, 1.807) is 6.92 Å². The van der Waals surface area contributed by atoms with Crippen LogP contribution in [0.3, 0.4) is 0 Å². The van der Waals surface area contributed by atoms with Crippen LogP contribution in [0, 0.1) is 24.0 Å². The van der Waals surface area contributed by atoms with Gasteiger partial charge >= 0.3 is 5.97 Å². The van der Waals surface area contributed by atoms with Crippen LogP contribution in [0.2, 0.25) is 0 Å². The zero-order valence-corrected chi connectivity index (χ0v) is 18.8. The second kappa shape index (κ2) is 12.9. The van der Waals surface area contributed by atoms with Gasteiger partial charge in [0, 0.05) is 19.4 Å². The molecule has 1 heterocycles. The Kier molecular flexibility index (Phi) is 10.9. The molecule has 0 aromatic heterocycles. The molecule has 1 aromatic carbocycles. The average Bonchev–Trinajstić information content (AvgIpc) is 2.70. The van der Waals surface area contributed by atoms with Crippen LogP contribution in [0.25, 0.3) is 0 Å². The van der Waals surface area contributed by atoms with Gasteiger partial charge in [0.25, 0.3) is 12.1 Å². The molecule has 0 aliphatic carbocycles. The summed E-state index contributed by atoms with van der Waals surface area (Å²) >= 11 is 1.50. The zero-order valence-electron chi connectivity index (χ0n) is 18.0. The van der Waals surface area contributed by atoms with Crippen molar-refractivity contribution in [3.05, 3.63) is 50.7 Å². The van der Waals surface area contributed by atoms with Crippen LogP contribution < -0.4 is 10.2 Å². The lowest BCUT2D eigenvalue weighted by Crippen LogP contribution is -2.46. The second-order valence-corrected chi connectivity index (χ2v) is 7.68. The number of carbonyl (C=O) groups is 2. The zero-order chi connectivity index (χ0) is 22.7. The number of thioether (sulfide) groups is 1. The number of carbonyl (C=O) groups excluding carboxylic acids is 2. The summed E-state index contributed by atoms with van der Waals surface area (Å²) in [6.07, 6.45) is 2.10. The van der Waals surface area contributed by atoms with Crippen molar-refractivity contribution in [2.75, 3.05) is 38.0 Å². The number of benzene rings is 1. The number of nitro groups is 1. The molecule has 0 saturated carbocycles. The van der Waals surface area contributed by atoms with Gasteiger partial charge in [0.1, 0.15) is 17.7 Å². The van der Waals surface area contributed by atoms with Crippen LogP contribution in [0.5, 0.6) is 0 Å². The van der Waals surface area contributed by atoms with Gasteiger partial charge in [-0.3, -0.25) is 19.8 Å². The number of amides is 1. The molecular weight excluding hydrogens is 410 g/mol. The van der Waals surface area contributed by atoms with Gasteiger partial charge in [-0.05, 0) is 38.3 Å². The van der Waals surface area contributed by atoms with E-state index in [9.17, 15) is 19.7 Å². The molecule has 9 nitrogen and oxygen atoms in total. The van der Waals surface area contributed by atoms with Crippen LogP contribution in [-0.2, 0) is 19.1 Å². The van der Waals surface area contributed by atoms with Gasteiger partial charge < -0.3 is 14.8 Å². The number of aryl methyl sites for hydroxylation is 2. The molecule has 0 radical (unpaired) electrons. The van der Waals surface area contributed by atoms with E-state index >= 15 is 0 Å². The molecule has 10 heteroatoms. The molecule has 0 spiro atoms. The highest BCUT2D eigenvalue weighted by Gasteiger charge is 2.29. The Hall–Kier alpha value is -2.59. The molecule has 1 aromatic rings. The number of anilines is 1. The smallest absolute Gasteiger partial charge is 0.328 e. The number of hydrogen-bond acceptors (Lipinski definition) is 8. The summed E-state index contributed by atoms with van der Waals surface area (Å²) in [4.78, 5) is 35.1. The minimum Gasteiger partial charge on any atom is -0.467 e. The largest absolute Gasteiger partial charge is 0.467 e. The highest BCUT2D eigenvalue weighted by atomic mass is 32.2. The van der Waals surface area contributed by atoms with E-state index in [1.807, 2.05) is 32.0 Å². The van der Waals surface area contributed by atoms with Gasteiger partial charge in [-0.15, -0.1) is 11.8 Å². The number of nitrogens with zero attached hydrogens (tertiary/aromatic N) is 2. The predicted molar refractivity (Wildman–Crippen MR) is 117 cm³/mol. The number of esters is 1. The Morgan fingerprint density at radius 2 is 1.97 bits per heavy atom. The van der Waals surface area contributed by atoms with E-state index in [-0.39, 0.29) is 12.5 Å². The Morgan fingerprint density at radius 1 is 1.33 bits per heavy atom. The lowest BCUT2D eigenvalue weighted by Gasteiger charge is -2.30. The summed E-state index contributed by atoms with van der Waals surface area (Å²) in [5.41, 5.74) is 2.57. The van der Waals surface area contributed by atoms with E-state index in [0.29, 0.717) is 5.03 Å². The molecule has 1 fully saturated rings. The first kappa shape index (κ1) is 25.4. The highest BCUT2D eigenvalue weighted by molar-refractivity contribution is 8.03. The third-order valence-electron chi connectivity index (χ3n) is 4.25. The molecule has 2 rings (SSSR count). The molecule has 1 N–H and O–H groups in total. The second-order valence-electron chi connectivity index (χ2n) is 6.54. The van der Waals surface area contributed by atoms with E-state index in [1.165, 1.54) is 30.9 Å². The Labute approximate surface area is 180 Å². The van der Waals surface area contributed by atoms with Gasteiger partial charge in [0.2, 0.25) is 0 Å². The number of rotatable bonds is 6. The maximum Gasteiger partial charge on any atom is 0.328 e. The van der Waals surface area contributed by atoms with Crippen LogP contribution in [0.1, 0.15) is 24.5 Å². The standard InChI is InChI=1S/C15H21NO4.C5H8N2O2S/c1-10-7-6-8-11(2)14(10)16(13(17)9-19-4)12(3)15(18)20-5;8-7(9)4-5-6-2-1-3-10-5/h6-8,12H,9H2,1-5H3;4,6H,1-3H2/b;5-4-/t12-;/m1./s1. The normalized spacial score (nSPS) is 15.3. The fourth-order valence-electron chi connectivity index (χ4n) is 2.88. The molecule has 0 bridgehead atoms. The van der Waals surface area contributed by atoms with Crippen molar-refractivity contribution in [3.8, 4) is 0 Å². The minimum atomic E-state index is -0.706. The highest BCUT2D eigenvalue weighted by Crippen LogP contribution is 2.27. The molecular formula is C20H29N3O6S. The van der Waals surface area contributed by atoms with Crippen molar-refractivity contribution in [1.82, 2.24) is 5.32 Å². The molecule has 0 unspecified atom stereocenters. The summed E-state index contributed by atoms with van der Waals surface area (Å²) in [6, 6.07) is 5.01. The molecule has 1 amide bonds. The SMILES string of the molecule is COCC(=O)N(c1c(C)cccc1C)[C@H](C)C(=O)OC.O=[N+]([O-])/C=C1/NCCCS1. The van der Waals surface area contributed by atoms with Crippen LogP contribution >= 0.6 is 11.8 Å². The van der Waals surface area contributed by atoms with Gasteiger partial charge in [0.05, 0.1) is 17.7 Å². The van der Waals surface area contributed by atoms with Crippen molar-refractivity contribution in [2.24, 2.45) is 0 Å². The monoisotopic (exact) mass is 439 g/mol. The van der Waals surface area contributed by atoms with Gasteiger partial charge in [-0.1, -0.05) is 18.2 Å². The van der Waals surface area contributed by atoms with Gasteiger partial charge in [-0.2, -0.15) is 0 Å². The number of nitrogens with one attached hydrogen (secondary N) is 1. The third kappa shape index (κ3) is 7.68. The molecule has 1 aliphatic heterocycles. The fourth-order valence-corrected chi connectivity index (χ4v) is 3.76. The first-order valence-electron chi connectivity index (χ1n) is 9.39. The van der Waals surface area contributed by atoms with E-state index in [2.05, 4.69) is 5.32 Å². The van der Waals surface area contributed by atoms with Crippen molar-refractivity contribution < 1.29 is 24.0 Å². The summed E-state index contributed by atoms with van der Waals surface area (Å²) in [7, 11) is 2.76. The quantitative estimate of drug-likeness (QED) is 0.409. The van der Waals surface area contributed by atoms with Crippen molar-refractivity contribution in [1.29, 1.82) is 0 Å². The van der Waals surface area contributed by atoms with E-state index in [4.69, 9.17) is 9.47 Å². The molecule has 166 valence electrons. The Bertz CT molecular complexity index is 756. The molecule has 1 aliphatic rings. The first-order valence-corrected chi connectivity index (χ1v) is 10.4. The fraction of sp³-hybridized carbons (Fsp3) is 0.500. The number of hydrogen-bond donors (Lipinski definition) is 1. The maximum absolute atomic E-state index is 12.3. The molecule has 30 heavy (non-hydrogen) atoms. The number of ether oxygens (including phenoxy) is 2. The Balaban J connectivity index is 0.000000375. The van der Waals surface area contributed by atoms with Crippen molar-refractivity contribution >= 4 is 29.3 Å². The Morgan fingerprint density at radius 3 is 2.43 bits per heavy atom. The first-order chi connectivity index (χ1) is 14.2. The van der Waals surface area contributed by atoms with Crippen LogP contribution in [-0.4, -0.2) is 56.0 Å². The van der Waals surface area contributed by atoms with E-state index in [0.717, 1.165) is 41.7 Å². The maximum atomic E-state index is 12.3. The van der Waals surface area contributed by atoms with Crippen LogP contribution in [0.4, 0.5) is 5.69 Å². The van der Waals surface area contributed by atoms with E-state index < -0.39 is 16.9 Å². The number of methoxy groups -OCH3 is 2.